The molecule has 1 amide bonds. The predicted octanol–water partition coefficient (Wildman–Crippen LogP) is 1.86. The molecule has 1 aliphatic rings. The molecule has 4 nitrogen and oxygen atoms in total. The SMILES string of the molecule is CN1CCN(c2ccc(C(F)(F)F)cc2C#N)CC1=O. The normalized spacial score (nSPS) is 16.2. The second kappa shape index (κ2) is 5.04. The molecule has 0 aromatic heterocycles. The molecule has 0 radical (unpaired) electrons. The summed E-state index contributed by atoms with van der Waals surface area (Å²) in [5, 5.41) is 9.02. The Labute approximate surface area is 114 Å². The third kappa shape index (κ3) is 2.69. The largest absolute Gasteiger partial charge is 0.416 e. The van der Waals surface area contributed by atoms with Gasteiger partial charge in [-0.15, -0.1) is 0 Å². The fourth-order valence-corrected chi connectivity index (χ4v) is 2.04. The zero-order chi connectivity index (χ0) is 14.9. The molecular weight excluding hydrogens is 271 g/mol. The first-order valence-corrected chi connectivity index (χ1v) is 5.93. The van der Waals surface area contributed by atoms with Crippen LogP contribution in [-0.4, -0.2) is 37.5 Å². The Morgan fingerprint density at radius 1 is 1.30 bits per heavy atom. The Balaban J connectivity index is 2.34. The maximum absolute atomic E-state index is 12.6. The molecule has 1 aromatic rings. The van der Waals surface area contributed by atoms with Crippen molar-refractivity contribution in [2.75, 3.05) is 31.6 Å². The van der Waals surface area contributed by atoms with Gasteiger partial charge in [0.15, 0.2) is 0 Å². The lowest BCUT2D eigenvalue weighted by molar-refractivity contribution is -0.137. The molecule has 106 valence electrons. The van der Waals surface area contributed by atoms with Gasteiger partial charge in [-0.1, -0.05) is 0 Å². The van der Waals surface area contributed by atoms with E-state index >= 15 is 0 Å². The second-order valence-electron chi connectivity index (χ2n) is 4.58. The number of nitriles is 1. The number of amides is 1. The first kappa shape index (κ1) is 14.2. The molecule has 20 heavy (non-hydrogen) atoms. The van der Waals surface area contributed by atoms with Gasteiger partial charge in [-0.05, 0) is 18.2 Å². The standard InChI is InChI=1S/C13H12F3N3O/c1-18-4-5-19(8-12(18)20)11-3-2-10(13(14,15)16)6-9(11)7-17/h2-3,6H,4-5,8H2,1H3. The van der Waals surface area contributed by atoms with Crippen LogP contribution in [0.4, 0.5) is 18.9 Å². The number of halogens is 3. The summed E-state index contributed by atoms with van der Waals surface area (Å²) < 4.78 is 37.8. The van der Waals surface area contributed by atoms with Crippen LogP contribution in [0.3, 0.4) is 0 Å². The van der Waals surface area contributed by atoms with E-state index in [0.717, 1.165) is 12.1 Å². The molecule has 0 saturated carbocycles. The number of alkyl halides is 3. The van der Waals surface area contributed by atoms with E-state index in [4.69, 9.17) is 5.26 Å². The molecule has 1 aliphatic heterocycles. The molecule has 0 aliphatic carbocycles. The molecular formula is C13H12F3N3O. The van der Waals surface area contributed by atoms with Crippen LogP contribution in [0.2, 0.25) is 0 Å². The fraction of sp³-hybridized carbons (Fsp3) is 0.385. The molecule has 0 N–H and O–H groups in total. The number of hydrogen-bond donors (Lipinski definition) is 0. The number of likely N-dealkylation sites (N-methyl/N-ethyl adjacent to an activating group) is 1. The molecule has 2 rings (SSSR count). The summed E-state index contributed by atoms with van der Waals surface area (Å²) in [5.74, 6) is -0.125. The molecule has 0 bridgehead atoms. The first-order valence-electron chi connectivity index (χ1n) is 5.93. The Kier molecular flexibility index (Phi) is 3.57. The number of nitrogens with zero attached hydrogens (tertiary/aromatic N) is 3. The summed E-state index contributed by atoms with van der Waals surface area (Å²) in [6.07, 6.45) is -4.48. The van der Waals surface area contributed by atoms with Crippen molar-refractivity contribution in [1.82, 2.24) is 4.90 Å². The maximum atomic E-state index is 12.6. The zero-order valence-electron chi connectivity index (χ0n) is 10.7. The molecule has 1 heterocycles. The number of anilines is 1. The highest BCUT2D eigenvalue weighted by atomic mass is 19.4. The molecule has 1 saturated heterocycles. The molecule has 1 fully saturated rings. The van der Waals surface area contributed by atoms with Crippen molar-refractivity contribution < 1.29 is 18.0 Å². The summed E-state index contributed by atoms with van der Waals surface area (Å²) in [5.41, 5.74) is -0.572. The van der Waals surface area contributed by atoms with Crippen LogP contribution in [0.5, 0.6) is 0 Å². The van der Waals surface area contributed by atoms with Crippen LogP contribution >= 0.6 is 0 Å². The summed E-state index contributed by atoms with van der Waals surface area (Å²) in [4.78, 5) is 14.8. The molecule has 1 aromatic carbocycles. The van der Waals surface area contributed by atoms with E-state index in [1.165, 1.54) is 6.07 Å². The highest BCUT2D eigenvalue weighted by Crippen LogP contribution is 2.32. The van der Waals surface area contributed by atoms with E-state index in [0.29, 0.717) is 18.8 Å². The van der Waals surface area contributed by atoms with E-state index < -0.39 is 11.7 Å². The van der Waals surface area contributed by atoms with Crippen LogP contribution in [0.1, 0.15) is 11.1 Å². The number of rotatable bonds is 1. The van der Waals surface area contributed by atoms with Crippen molar-refractivity contribution in [2.24, 2.45) is 0 Å². The van der Waals surface area contributed by atoms with E-state index in [2.05, 4.69) is 0 Å². The van der Waals surface area contributed by atoms with Crippen LogP contribution in [0, 0.1) is 11.3 Å². The Hall–Kier alpha value is -2.23. The Bertz CT molecular complexity index is 577. The summed E-state index contributed by atoms with van der Waals surface area (Å²) in [7, 11) is 1.66. The minimum absolute atomic E-state index is 0.0660. The summed E-state index contributed by atoms with van der Waals surface area (Å²) in [6.45, 7) is 1.03. The summed E-state index contributed by atoms with van der Waals surface area (Å²) in [6, 6.07) is 4.76. The van der Waals surface area contributed by atoms with Crippen LogP contribution < -0.4 is 4.90 Å². The monoisotopic (exact) mass is 283 g/mol. The number of piperazine rings is 1. The van der Waals surface area contributed by atoms with E-state index in [1.54, 1.807) is 22.9 Å². The molecule has 7 heteroatoms. The average Bonchev–Trinajstić information content (AvgIpc) is 2.40. The van der Waals surface area contributed by atoms with E-state index in [-0.39, 0.29) is 18.0 Å². The molecule has 0 spiro atoms. The smallest absolute Gasteiger partial charge is 0.359 e. The van der Waals surface area contributed by atoms with Gasteiger partial charge < -0.3 is 9.80 Å². The van der Waals surface area contributed by atoms with Gasteiger partial charge in [0, 0.05) is 20.1 Å². The van der Waals surface area contributed by atoms with Crippen molar-refractivity contribution in [3.63, 3.8) is 0 Å². The van der Waals surface area contributed by atoms with Gasteiger partial charge >= 0.3 is 6.18 Å². The van der Waals surface area contributed by atoms with Crippen LogP contribution in [0.15, 0.2) is 18.2 Å². The van der Waals surface area contributed by atoms with Crippen molar-refractivity contribution >= 4 is 11.6 Å². The van der Waals surface area contributed by atoms with Gasteiger partial charge in [0.05, 0.1) is 23.4 Å². The molecule has 0 unspecified atom stereocenters. The van der Waals surface area contributed by atoms with Crippen molar-refractivity contribution in [2.45, 2.75) is 6.18 Å². The van der Waals surface area contributed by atoms with Gasteiger partial charge in [0.25, 0.3) is 0 Å². The third-order valence-electron chi connectivity index (χ3n) is 3.24. The zero-order valence-corrected chi connectivity index (χ0v) is 10.7. The van der Waals surface area contributed by atoms with E-state index in [1.807, 2.05) is 0 Å². The van der Waals surface area contributed by atoms with Gasteiger partial charge in [-0.25, -0.2) is 0 Å². The first-order chi connectivity index (χ1) is 9.32. The van der Waals surface area contributed by atoms with Crippen molar-refractivity contribution in [3.8, 4) is 6.07 Å². The lowest BCUT2D eigenvalue weighted by Crippen LogP contribution is -2.48. The highest BCUT2D eigenvalue weighted by Gasteiger charge is 2.32. The maximum Gasteiger partial charge on any atom is 0.416 e. The van der Waals surface area contributed by atoms with Gasteiger partial charge in [-0.2, -0.15) is 18.4 Å². The number of carbonyl (C=O) groups is 1. The highest BCUT2D eigenvalue weighted by molar-refractivity contribution is 5.83. The second-order valence-corrected chi connectivity index (χ2v) is 4.58. The van der Waals surface area contributed by atoms with Gasteiger partial charge in [0.2, 0.25) is 5.91 Å². The van der Waals surface area contributed by atoms with Gasteiger partial charge in [0.1, 0.15) is 6.07 Å². The topological polar surface area (TPSA) is 47.3 Å². The quantitative estimate of drug-likeness (QED) is 0.790. The third-order valence-corrected chi connectivity index (χ3v) is 3.24. The van der Waals surface area contributed by atoms with Crippen LogP contribution in [0.25, 0.3) is 0 Å². The van der Waals surface area contributed by atoms with Gasteiger partial charge in [-0.3, -0.25) is 4.79 Å². The van der Waals surface area contributed by atoms with Crippen molar-refractivity contribution in [1.29, 1.82) is 5.26 Å². The fourth-order valence-electron chi connectivity index (χ4n) is 2.04. The lowest BCUT2D eigenvalue weighted by Gasteiger charge is -2.34. The minimum atomic E-state index is -4.48. The molecule has 0 atom stereocenters. The minimum Gasteiger partial charge on any atom is -0.359 e. The predicted molar refractivity (Wildman–Crippen MR) is 66.0 cm³/mol. The van der Waals surface area contributed by atoms with E-state index in [9.17, 15) is 18.0 Å². The lowest BCUT2D eigenvalue weighted by atomic mass is 10.1. The number of hydrogen-bond acceptors (Lipinski definition) is 3. The van der Waals surface area contributed by atoms with Crippen molar-refractivity contribution in [3.05, 3.63) is 29.3 Å². The average molecular weight is 283 g/mol. The summed E-state index contributed by atoms with van der Waals surface area (Å²) >= 11 is 0. The Morgan fingerprint density at radius 3 is 2.55 bits per heavy atom. The Morgan fingerprint density at radius 2 is 2.00 bits per heavy atom. The number of carbonyl (C=O) groups excluding carboxylic acids is 1. The van der Waals surface area contributed by atoms with Crippen LogP contribution in [-0.2, 0) is 11.0 Å². The number of benzene rings is 1.